The molecule has 0 aliphatic heterocycles. The van der Waals surface area contributed by atoms with Crippen molar-refractivity contribution in [2.45, 2.75) is 0 Å². The molecule has 0 fully saturated rings. The van der Waals surface area contributed by atoms with E-state index in [1.54, 1.807) is 0 Å². The molecule has 0 saturated heterocycles. The van der Waals surface area contributed by atoms with Gasteiger partial charge in [-0.25, -0.2) is 0 Å². The van der Waals surface area contributed by atoms with Crippen LogP contribution in [0.2, 0.25) is 0 Å². The van der Waals surface area contributed by atoms with Gasteiger partial charge in [0.05, 0.1) is 0 Å². The lowest BCUT2D eigenvalue weighted by Crippen LogP contribution is -1.91. The van der Waals surface area contributed by atoms with E-state index in [0.29, 0.717) is 0 Å². The molecule has 2 heteroatoms. The SMILES string of the molecule is c1ccc(-c2ccc(Nc3ccc(-c4cc5sc6ccccc6c5cc4-c4ccccc4)cc3)cc2)cc1. The Bertz CT molecular complexity index is 1850. The van der Waals surface area contributed by atoms with Crippen LogP contribution in [0.15, 0.2) is 146 Å². The first-order valence-corrected chi connectivity index (χ1v) is 13.7. The summed E-state index contributed by atoms with van der Waals surface area (Å²) in [6, 6.07) is 52.0. The maximum atomic E-state index is 3.56. The van der Waals surface area contributed by atoms with Gasteiger partial charge in [0.25, 0.3) is 0 Å². The molecule has 0 atom stereocenters. The van der Waals surface area contributed by atoms with E-state index in [0.717, 1.165) is 11.4 Å². The highest BCUT2D eigenvalue weighted by Crippen LogP contribution is 2.42. The number of benzene rings is 6. The summed E-state index contributed by atoms with van der Waals surface area (Å²) in [6.45, 7) is 0. The summed E-state index contributed by atoms with van der Waals surface area (Å²) in [6.07, 6.45) is 0. The van der Waals surface area contributed by atoms with E-state index < -0.39 is 0 Å². The molecular formula is C36H25NS. The van der Waals surface area contributed by atoms with Gasteiger partial charge in [-0.15, -0.1) is 11.3 Å². The summed E-state index contributed by atoms with van der Waals surface area (Å²) in [7, 11) is 0. The summed E-state index contributed by atoms with van der Waals surface area (Å²) in [5, 5.41) is 6.21. The molecule has 7 rings (SSSR count). The molecule has 1 nitrogen and oxygen atoms in total. The second kappa shape index (κ2) is 9.66. The minimum atomic E-state index is 1.07. The Morgan fingerprint density at radius 1 is 0.368 bits per heavy atom. The Morgan fingerprint density at radius 2 is 0.868 bits per heavy atom. The lowest BCUT2D eigenvalue weighted by molar-refractivity contribution is 1.53. The average molecular weight is 504 g/mol. The van der Waals surface area contributed by atoms with Crippen LogP contribution in [0.4, 0.5) is 11.4 Å². The maximum absolute atomic E-state index is 3.56. The van der Waals surface area contributed by atoms with E-state index in [9.17, 15) is 0 Å². The van der Waals surface area contributed by atoms with Crippen molar-refractivity contribution in [1.29, 1.82) is 0 Å². The molecule has 0 bridgehead atoms. The van der Waals surface area contributed by atoms with Crippen LogP contribution in [0, 0.1) is 0 Å². The van der Waals surface area contributed by atoms with E-state index >= 15 is 0 Å². The monoisotopic (exact) mass is 503 g/mol. The smallest absolute Gasteiger partial charge is 0.0384 e. The number of hydrogen-bond acceptors (Lipinski definition) is 2. The van der Waals surface area contributed by atoms with E-state index in [4.69, 9.17) is 0 Å². The van der Waals surface area contributed by atoms with Crippen LogP contribution in [-0.4, -0.2) is 0 Å². The van der Waals surface area contributed by atoms with Gasteiger partial charge in [-0.1, -0.05) is 103 Å². The fraction of sp³-hybridized carbons (Fsp3) is 0. The van der Waals surface area contributed by atoms with Crippen molar-refractivity contribution >= 4 is 42.9 Å². The third-order valence-corrected chi connectivity index (χ3v) is 8.21. The number of thiophene rings is 1. The number of nitrogens with one attached hydrogen (secondary N) is 1. The van der Waals surface area contributed by atoms with Gasteiger partial charge < -0.3 is 5.32 Å². The largest absolute Gasteiger partial charge is 0.356 e. The highest BCUT2D eigenvalue weighted by atomic mass is 32.1. The highest BCUT2D eigenvalue weighted by molar-refractivity contribution is 7.25. The minimum Gasteiger partial charge on any atom is -0.356 e. The number of rotatable bonds is 5. The standard InChI is InChI=1S/C36H25NS/c1-3-9-25(10-4-1)26-15-19-29(20-16-26)37-30-21-17-28(18-22-30)33-24-36-34(31-13-7-8-14-35(31)38-36)23-32(33)27-11-5-2-6-12-27/h1-24,37H. The van der Waals surface area contributed by atoms with Crippen LogP contribution in [0.25, 0.3) is 53.6 Å². The Hall–Kier alpha value is -4.66. The topological polar surface area (TPSA) is 12.0 Å². The summed E-state index contributed by atoms with van der Waals surface area (Å²) in [5.74, 6) is 0. The fourth-order valence-corrected chi connectivity index (χ4v) is 6.27. The molecule has 0 saturated carbocycles. The lowest BCUT2D eigenvalue weighted by atomic mass is 9.93. The summed E-state index contributed by atoms with van der Waals surface area (Å²) in [5.41, 5.74) is 9.57. The summed E-state index contributed by atoms with van der Waals surface area (Å²) >= 11 is 1.87. The molecule has 0 aliphatic carbocycles. The third-order valence-electron chi connectivity index (χ3n) is 7.08. The molecule has 6 aromatic carbocycles. The van der Waals surface area contributed by atoms with E-state index in [1.807, 2.05) is 17.4 Å². The van der Waals surface area contributed by atoms with Crippen LogP contribution in [-0.2, 0) is 0 Å². The van der Waals surface area contributed by atoms with Gasteiger partial charge in [0.1, 0.15) is 0 Å². The van der Waals surface area contributed by atoms with Crippen LogP contribution >= 0.6 is 11.3 Å². The highest BCUT2D eigenvalue weighted by Gasteiger charge is 2.13. The molecule has 0 radical (unpaired) electrons. The van der Waals surface area contributed by atoms with Crippen LogP contribution in [0.3, 0.4) is 0 Å². The zero-order valence-electron chi connectivity index (χ0n) is 20.8. The molecule has 1 heterocycles. The molecule has 7 aromatic rings. The lowest BCUT2D eigenvalue weighted by Gasteiger charge is -2.13. The predicted octanol–water partition coefficient (Wildman–Crippen LogP) is 10.8. The normalized spacial score (nSPS) is 11.2. The predicted molar refractivity (Wildman–Crippen MR) is 165 cm³/mol. The van der Waals surface area contributed by atoms with E-state index in [-0.39, 0.29) is 0 Å². The molecule has 0 spiro atoms. The molecule has 1 N–H and O–H groups in total. The molecule has 0 amide bonds. The number of hydrogen-bond donors (Lipinski definition) is 1. The minimum absolute atomic E-state index is 1.07. The number of anilines is 2. The van der Waals surface area contributed by atoms with Crippen molar-refractivity contribution in [3.63, 3.8) is 0 Å². The van der Waals surface area contributed by atoms with Crippen LogP contribution in [0.1, 0.15) is 0 Å². The van der Waals surface area contributed by atoms with Crippen molar-refractivity contribution in [2.75, 3.05) is 5.32 Å². The van der Waals surface area contributed by atoms with Gasteiger partial charge in [0, 0.05) is 31.5 Å². The summed E-state index contributed by atoms with van der Waals surface area (Å²) < 4.78 is 2.65. The first-order chi connectivity index (χ1) is 18.8. The molecule has 0 unspecified atom stereocenters. The second-order valence-corrected chi connectivity index (χ2v) is 10.6. The van der Waals surface area contributed by atoms with Crippen molar-refractivity contribution in [2.24, 2.45) is 0 Å². The fourth-order valence-electron chi connectivity index (χ4n) is 5.14. The molecular weight excluding hydrogens is 478 g/mol. The Kier molecular flexibility index (Phi) is 5.73. The zero-order valence-corrected chi connectivity index (χ0v) is 21.6. The third kappa shape index (κ3) is 4.26. The molecule has 180 valence electrons. The van der Waals surface area contributed by atoms with E-state index in [1.165, 1.54) is 53.6 Å². The first kappa shape index (κ1) is 22.5. The average Bonchev–Trinajstić information content (AvgIpc) is 3.36. The van der Waals surface area contributed by atoms with Gasteiger partial charge in [0.15, 0.2) is 0 Å². The van der Waals surface area contributed by atoms with Crippen molar-refractivity contribution in [3.8, 4) is 33.4 Å². The quantitative estimate of drug-likeness (QED) is 0.246. The maximum Gasteiger partial charge on any atom is 0.0384 e. The van der Waals surface area contributed by atoms with Gasteiger partial charge in [-0.05, 0) is 75.8 Å². The molecule has 38 heavy (non-hydrogen) atoms. The van der Waals surface area contributed by atoms with E-state index in [2.05, 4.69) is 145 Å². The molecule has 1 aromatic heterocycles. The van der Waals surface area contributed by atoms with Crippen LogP contribution < -0.4 is 5.32 Å². The van der Waals surface area contributed by atoms with Gasteiger partial charge in [-0.3, -0.25) is 0 Å². The Balaban J connectivity index is 1.23. The Morgan fingerprint density at radius 3 is 1.55 bits per heavy atom. The Labute approximate surface area is 226 Å². The van der Waals surface area contributed by atoms with Gasteiger partial charge in [-0.2, -0.15) is 0 Å². The zero-order chi connectivity index (χ0) is 25.3. The van der Waals surface area contributed by atoms with Gasteiger partial charge in [0.2, 0.25) is 0 Å². The summed E-state index contributed by atoms with van der Waals surface area (Å²) in [4.78, 5) is 0. The van der Waals surface area contributed by atoms with Crippen molar-refractivity contribution < 1.29 is 0 Å². The van der Waals surface area contributed by atoms with Crippen molar-refractivity contribution in [1.82, 2.24) is 0 Å². The number of fused-ring (bicyclic) bond motifs is 3. The second-order valence-electron chi connectivity index (χ2n) is 9.50. The van der Waals surface area contributed by atoms with Gasteiger partial charge >= 0.3 is 0 Å². The molecule has 0 aliphatic rings. The first-order valence-electron chi connectivity index (χ1n) is 12.9. The van der Waals surface area contributed by atoms with Crippen molar-refractivity contribution in [3.05, 3.63) is 146 Å². The van der Waals surface area contributed by atoms with Crippen LogP contribution in [0.5, 0.6) is 0 Å².